The summed E-state index contributed by atoms with van der Waals surface area (Å²) in [7, 11) is 2.00. The summed E-state index contributed by atoms with van der Waals surface area (Å²) in [5.74, 6) is 0.307. The Bertz CT molecular complexity index is 945. The molecule has 1 N–H and O–H groups in total. The smallest absolute Gasteiger partial charge is 0.236 e. The summed E-state index contributed by atoms with van der Waals surface area (Å²) in [5, 5.41) is 3.21. The van der Waals surface area contributed by atoms with Crippen LogP contribution in [0, 0.1) is 0 Å². The Balaban J connectivity index is 1.15. The Hall–Kier alpha value is -2.21. The minimum atomic E-state index is 0.307. The van der Waals surface area contributed by atoms with Crippen LogP contribution in [0.5, 0.6) is 0 Å². The molecule has 0 unspecified atom stereocenters. The maximum Gasteiger partial charge on any atom is 0.236 e. The van der Waals surface area contributed by atoms with Crippen LogP contribution in [0.3, 0.4) is 0 Å². The molecule has 0 atom stereocenters. The van der Waals surface area contributed by atoms with E-state index in [0.717, 1.165) is 64.7 Å². The first kappa shape index (κ1) is 22.6. The number of carbonyl (C=O) groups excluding carboxylic acids is 1. The number of piperazine rings is 1. The van der Waals surface area contributed by atoms with E-state index in [1.54, 1.807) is 0 Å². The molecule has 1 amide bonds. The van der Waals surface area contributed by atoms with E-state index >= 15 is 0 Å². The van der Waals surface area contributed by atoms with Crippen LogP contribution in [0.4, 0.5) is 0 Å². The van der Waals surface area contributed by atoms with Crippen molar-refractivity contribution in [2.75, 3.05) is 52.9 Å². The maximum absolute atomic E-state index is 12.9. The summed E-state index contributed by atoms with van der Waals surface area (Å²) >= 11 is 0. The molecule has 2 fully saturated rings. The molecule has 2 aromatic carbocycles. The Morgan fingerprint density at radius 1 is 0.939 bits per heavy atom. The molecule has 0 aromatic heterocycles. The molecule has 2 heterocycles. The van der Waals surface area contributed by atoms with Gasteiger partial charge in [0.1, 0.15) is 0 Å². The average molecular weight is 447 g/mol. The predicted octanol–water partition coefficient (Wildman–Crippen LogP) is 3.17. The first-order chi connectivity index (χ1) is 16.2. The lowest BCUT2D eigenvalue weighted by Gasteiger charge is -2.43. The molecule has 1 saturated carbocycles. The molecule has 5 rings (SSSR count). The van der Waals surface area contributed by atoms with Crippen molar-refractivity contribution in [1.29, 1.82) is 0 Å². The number of hydrogen-bond donors (Lipinski definition) is 1. The van der Waals surface area contributed by atoms with Crippen LogP contribution in [0.25, 0.3) is 11.1 Å². The lowest BCUT2D eigenvalue weighted by molar-refractivity contribution is -0.135. The van der Waals surface area contributed by atoms with Gasteiger partial charge in [-0.2, -0.15) is 0 Å². The summed E-state index contributed by atoms with van der Waals surface area (Å²) in [5.41, 5.74) is 6.76. The third-order valence-electron chi connectivity index (χ3n) is 7.87. The Morgan fingerprint density at radius 3 is 2.39 bits per heavy atom. The molecule has 5 heteroatoms. The molecule has 0 radical (unpaired) electrons. The van der Waals surface area contributed by atoms with Crippen LogP contribution in [0.2, 0.25) is 0 Å². The van der Waals surface area contributed by atoms with Gasteiger partial charge >= 0.3 is 0 Å². The van der Waals surface area contributed by atoms with E-state index in [1.807, 2.05) is 7.05 Å². The van der Waals surface area contributed by atoms with Crippen molar-refractivity contribution in [1.82, 2.24) is 20.0 Å². The van der Waals surface area contributed by atoms with Crippen molar-refractivity contribution in [2.45, 2.75) is 44.7 Å². The van der Waals surface area contributed by atoms with E-state index in [9.17, 15) is 4.79 Å². The van der Waals surface area contributed by atoms with Gasteiger partial charge in [-0.3, -0.25) is 14.6 Å². The fraction of sp³-hybridized carbons (Fsp3) is 0.536. The van der Waals surface area contributed by atoms with Gasteiger partial charge in [-0.1, -0.05) is 48.9 Å². The number of hydrogen-bond acceptors (Lipinski definition) is 4. The Kier molecular flexibility index (Phi) is 7.10. The van der Waals surface area contributed by atoms with Gasteiger partial charge in [0.15, 0.2) is 0 Å². The minimum Gasteiger partial charge on any atom is -0.339 e. The fourth-order valence-corrected chi connectivity index (χ4v) is 5.44. The van der Waals surface area contributed by atoms with Crippen molar-refractivity contribution in [3.63, 3.8) is 0 Å². The molecule has 2 aromatic rings. The van der Waals surface area contributed by atoms with Crippen LogP contribution in [-0.2, 0) is 24.2 Å². The van der Waals surface area contributed by atoms with Gasteiger partial charge in [0.25, 0.3) is 0 Å². The van der Waals surface area contributed by atoms with E-state index in [2.05, 4.69) is 62.5 Å². The first-order valence-electron chi connectivity index (χ1n) is 12.8. The Labute approximate surface area is 198 Å². The number of likely N-dealkylation sites (N-methyl/N-ethyl adjacent to an activating group) is 1. The standard InChI is InChI=1S/C28H38N4O/c1-29-13-11-22-5-7-23(8-6-22)24-9-10-26-20-30(14-12-25(26)19-24)21-28(33)32-17-15-31(16-18-32)27-3-2-4-27/h5-10,19,27,29H,2-4,11-18,20-21H2,1H3. The molecule has 0 bridgehead atoms. The topological polar surface area (TPSA) is 38.8 Å². The summed E-state index contributed by atoms with van der Waals surface area (Å²) in [6.07, 6.45) is 6.17. The summed E-state index contributed by atoms with van der Waals surface area (Å²) < 4.78 is 0. The summed E-state index contributed by atoms with van der Waals surface area (Å²) in [6.45, 7) is 7.32. The quantitative estimate of drug-likeness (QED) is 0.709. The Morgan fingerprint density at radius 2 is 1.70 bits per heavy atom. The zero-order valence-corrected chi connectivity index (χ0v) is 20.1. The molecular weight excluding hydrogens is 408 g/mol. The number of fused-ring (bicyclic) bond motifs is 1. The molecule has 33 heavy (non-hydrogen) atoms. The van der Waals surface area contributed by atoms with Crippen LogP contribution in [0.15, 0.2) is 42.5 Å². The lowest BCUT2D eigenvalue weighted by atomic mass is 9.91. The van der Waals surface area contributed by atoms with Crippen molar-refractivity contribution in [3.8, 4) is 11.1 Å². The van der Waals surface area contributed by atoms with Gasteiger partial charge in [-0.05, 0) is 67.1 Å². The molecule has 3 aliphatic rings. The van der Waals surface area contributed by atoms with E-state index in [-0.39, 0.29) is 0 Å². The number of nitrogens with one attached hydrogen (secondary N) is 1. The van der Waals surface area contributed by atoms with Crippen molar-refractivity contribution in [2.24, 2.45) is 0 Å². The van der Waals surface area contributed by atoms with Crippen LogP contribution in [0.1, 0.15) is 36.0 Å². The molecule has 0 spiro atoms. The van der Waals surface area contributed by atoms with Gasteiger partial charge in [0.2, 0.25) is 5.91 Å². The number of carbonyl (C=O) groups is 1. The third kappa shape index (κ3) is 5.32. The van der Waals surface area contributed by atoms with E-state index in [0.29, 0.717) is 12.5 Å². The second kappa shape index (κ2) is 10.4. The van der Waals surface area contributed by atoms with Crippen molar-refractivity contribution >= 4 is 5.91 Å². The number of amides is 1. The lowest BCUT2D eigenvalue weighted by Crippen LogP contribution is -2.55. The second-order valence-electron chi connectivity index (χ2n) is 10.00. The normalized spacial score (nSPS) is 19.8. The zero-order valence-electron chi connectivity index (χ0n) is 20.1. The third-order valence-corrected chi connectivity index (χ3v) is 7.87. The minimum absolute atomic E-state index is 0.307. The van der Waals surface area contributed by atoms with Crippen molar-refractivity contribution in [3.05, 3.63) is 59.2 Å². The van der Waals surface area contributed by atoms with Gasteiger partial charge < -0.3 is 10.2 Å². The van der Waals surface area contributed by atoms with Gasteiger partial charge in [0.05, 0.1) is 6.54 Å². The van der Waals surface area contributed by atoms with Gasteiger partial charge in [-0.25, -0.2) is 0 Å². The molecule has 2 aliphatic heterocycles. The summed E-state index contributed by atoms with van der Waals surface area (Å²) in [4.78, 5) is 20.0. The largest absolute Gasteiger partial charge is 0.339 e. The number of nitrogens with zero attached hydrogens (tertiary/aromatic N) is 3. The highest BCUT2D eigenvalue weighted by atomic mass is 16.2. The summed E-state index contributed by atoms with van der Waals surface area (Å²) in [6, 6.07) is 16.6. The van der Waals surface area contributed by atoms with E-state index < -0.39 is 0 Å². The first-order valence-corrected chi connectivity index (χ1v) is 12.8. The molecule has 1 aliphatic carbocycles. The van der Waals surface area contributed by atoms with Crippen LogP contribution >= 0.6 is 0 Å². The fourth-order valence-electron chi connectivity index (χ4n) is 5.44. The monoisotopic (exact) mass is 446 g/mol. The maximum atomic E-state index is 12.9. The van der Waals surface area contributed by atoms with E-state index in [4.69, 9.17) is 0 Å². The molecule has 5 nitrogen and oxygen atoms in total. The van der Waals surface area contributed by atoms with Crippen LogP contribution in [-0.4, -0.2) is 79.5 Å². The van der Waals surface area contributed by atoms with Crippen molar-refractivity contribution < 1.29 is 4.79 Å². The second-order valence-corrected chi connectivity index (χ2v) is 10.00. The van der Waals surface area contributed by atoms with Gasteiger partial charge in [0, 0.05) is 45.3 Å². The predicted molar refractivity (Wildman–Crippen MR) is 134 cm³/mol. The highest BCUT2D eigenvalue weighted by molar-refractivity contribution is 5.78. The SMILES string of the molecule is CNCCc1ccc(-c2ccc3c(c2)CCN(CC(=O)N2CCN(C4CCC4)CC2)C3)cc1. The van der Waals surface area contributed by atoms with E-state index in [1.165, 1.54) is 47.1 Å². The number of benzene rings is 2. The number of rotatable bonds is 7. The van der Waals surface area contributed by atoms with Crippen LogP contribution < -0.4 is 5.32 Å². The van der Waals surface area contributed by atoms with Gasteiger partial charge in [-0.15, -0.1) is 0 Å². The molecule has 1 saturated heterocycles. The molecule has 176 valence electrons. The highest BCUT2D eigenvalue weighted by Gasteiger charge is 2.30. The average Bonchev–Trinajstić information content (AvgIpc) is 2.82. The highest BCUT2D eigenvalue weighted by Crippen LogP contribution is 2.28. The molecular formula is C28H38N4O. The zero-order chi connectivity index (χ0) is 22.6.